The Balaban J connectivity index is 1.89. The highest BCUT2D eigenvalue weighted by molar-refractivity contribution is 5.69. The van der Waals surface area contributed by atoms with Gasteiger partial charge in [0, 0.05) is 13.0 Å². The van der Waals surface area contributed by atoms with Gasteiger partial charge in [-0.15, -0.1) is 10.2 Å². The van der Waals surface area contributed by atoms with E-state index in [9.17, 15) is 4.79 Å². The van der Waals surface area contributed by atoms with E-state index in [2.05, 4.69) is 28.6 Å². The van der Waals surface area contributed by atoms with Crippen LogP contribution in [0.15, 0.2) is 6.33 Å². The van der Waals surface area contributed by atoms with Gasteiger partial charge in [0.1, 0.15) is 12.2 Å². The quantitative estimate of drug-likeness (QED) is 0.887. The first-order chi connectivity index (χ1) is 9.06. The van der Waals surface area contributed by atoms with E-state index in [0.717, 1.165) is 44.5 Å². The van der Waals surface area contributed by atoms with Crippen LogP contribution in [0.4, 0.5) is 0 Å². The molecule has 0 aliphatic heterocycles. The second-order valence-electron chi connectivity index (χ2n) is 6.05. The van der Waals surface area contributed by atoms with E-state index in [1.807, 2.05) is 0 Å². The van der Waals surface area contributed by atoms with Crippen LogP contribution in [0.3, 0.4) is 0 Å². The van der Waals surface area contributed by atoms with Gasteiger partial charge in [0.25, 0.3) is 0 Å². The summed E-state index contributed by atoms with van der Waals surface area (Å²) in [5, 5.41) is 17.2. The molecule has 1 N–H and O–H groups in total. The fourth-order valence-electron chi connectivity index (χ4n) is 2.82. The standard InChI is InChI=1S/C14H23N3O2/c1-10(2)7-13-16-15-9-17(13)8-11-3-5-12(6-4-11)14(18)19/h9-12H,3-8H2,1-2H3,(H,18,19). The average molecular weight is 265 g/mol. The Bertz CT molecular complexity index is 420. The van der Waals surface area contributed by atoms with Gasteiger partial charge in [-0.3, -0.25) is 4.79 Å². The Morgan fingerprint density at radius 1 is 1.42 bits per heavy atom. The lowest BCUT2D eigenvalue weighted by Gasteiger charge is -2.26. The molecule has 0 radical (unpaired) electrons. The molecule has 1 aliphatic rings. The van der Waals surface area contributed by atoms with Crippen molar-refractivity contribution in [1.29, 1.82) is 0 Å². The zero-order valence-corrected chi connectivity index (χ0v) is 11.7. The lowest BCUT2D eigenvalue weighted by Crippen LogP contribution is -2.24. The molecule has 5 heteroatoms. The summed E-state index contributed by atoms with van der Waals surface area (Å²) in [5.41, 5.74) is 0. The Hall–Kier alpha value is -1.39. The van der Waals surface area contributed by atoms with Crippen LogP contribution in [-0.4, -0.2) is 25.8 Å². The Morgan fingerprint density at radius 3 is 2.68 bits per heavy atom. The first-order valence-electron chi connectivity index (χ1n) is 7.15. The number of carbonyl (C=O) groups is 1. The third kappa shape index (κ3) is 3.78. The number of carboxylic acid groups (broad SMARTS) is 1. The molecule has 0 amide bonds. The molecule has 1 saturated carbocycles. The van der Waals surface area contributed by atoms with Gasteiger partial charge in [-0.25, -0.2) is 0 Å². The zero-order chi connectivity index (χ0) is 13.8. The molecule has 2 rings (SSSR count). The maximum absolute atomic E-state index is 10.9. The van der Waals surface area contributed by atoms with E-state index < -0.39 is 5.97 Å². The highest BCUT2D eigenvalue weighted by Crippen LogP contribution is 2.30. The van der Waals surface area contributed by atoms with E-state index in [1.54, 1.807) is 6.33 Å². The van der Waals surface area contributed by atoms with Crippen LogP contribution in [-0.2, 0) is 17.8 Å². The summed E-state index contributed by atoms with van der Waals surface area (Å²) in [6.07, 6.45) is 6.36. The number of nitrogens with zero attached hydrogens (tertiary/aromatic N) is 3. The summed E-state index contributed by atoms with van der Waals surface area (Å²) < 4.78 is 2.14. The van der Waals surface area contributed by atoms with Gasteiger partial charge in [0.15, 0.2) is 0 Å². The van der Waals surface area contributed by atoms with Crippen molar-refractivity contribution in [3.63, 3.8) is 0 Å². The van der Waals surface area contributed by atoms with Gasteiger partial charge < -0.3 is 9.67 Å². The van der Waals surface area contributed by atoms with E-state index in [-0.39, 0.29) is 5.92 Å². The van der Waals surface area contributed by atoms with E-state index >= 15 is 0 Å². The average Bonchev–Trinajstić information content (AvgIpc) is 2.76. The lowest BCUT2D eigenvalue weighted by molar-refractivity contribution is -0.143. The van der Waals surface area contributed by atoms with Crippen LogP contribution in [0, 0.1) is 17.8 Å². The normalized spacial score (nSPS) is 23.7. The van der Waals surface area contributed by atoms with Crippen LogP contribution in [0.25, 0.3) is 0 Å². The largest absolute Gasteiger partial charge is 0.481 e. The monoisotopic (exact) mass is 265 g/mol. The number of aliphatic carboxylic acids is 1. The molecule has 0 atom stereocenters. The van der Waals surface area contributed by atoms with Gasteiger partial charge in [0.05, 0.1) is 5.92 Å². The van der Waals surface area contributed by atoms with Gasteiger partial charge >= 0.3 is 5.97 Å². The van der Waals surface area contributed by atoms with Crippen LogP contribution >= 0.6 is 0 Å². The van der Waals surface area contributed by atoms with Gasteiger partial charge in [-0.1, -0.05) is 13.8 Å². The number of hydrogen-bond donors (Lipinski definition) is 1. The number of aromatic nitrogens is 3. The summed E-state index contributed by atoms with van der Waals surface area (Å²) in [6, 6.07) is 0. The highest BCUT2D eigenvalue weighted by atomic mass is 16.4. The van der Waals surface area contributed by atoms with Gasteiger partial charge in [0.2, 0.25) is 0 Å². The van der Waals surface area contributed by atoms with Crippen LogP contribution in [0.2, 0.25) is 0 Å². The Morgan fingerprint density at radius 2 is 2.11 bits per heavy atom. The summed E-state index contributed by atoms with van der Waals surface area (Å²) in [7, 11) is 0. The Kier molecular flexibility index (Phi) is 4.56. The number of rotatable bonds is 5. The minimum Gasteiger partial charge on any atom is -0.481 e. The predicted octanol–water partition coefficient (Wildman–Crippen LogP) is 2.37. The van der Waals surface area contributed by atoms with Crippen molar-refractivity contribution in [3.05, 3.63) is 12.2 Å². The maximum atomic E-state index is 10.9. The molecule has 1 aliphatic carbocycles. The van der Waals surface area contributed by atoms with Crippen LogP contribution < -0.4 is 0 Å². The fraction of sp³-hybridized carbons (Fsp3) is 0.786. The second kappa shape index (κ2) is 6.17. The van der Waals surface area contributed by atoms with Crippen LogP contribution in [0.1, 0.15) is 45.4 Å². The molecule has 0 saturated heterocycles. The minimum atomic E-state index is -0.636. The Labute approximate surface area is 114 Å². The summed E-state index contributed by atoms with van der Waals surface area (Å²) >= 11 is 0. The van der Waals surface area contributed by atoms with Gasteiger partial charge in [-0.2, -0.15) is 0 Å². The van der Waals surface area contributed by atoms with Crippen molar-refractivity contribution in [2.75, 3.05) is 0 Å². The van der Waals surface area contributed by atoms with Crippen molar-refractivity contribution in [2.24, 2.45) is 17.8 Å². The molecule has 0 spiro atoms. The van der Waals surface area contributed by atoms with Crippen molar-refractivity contribution < 1.29 is 9.90 Å². The predicted molar refractivity (Wildman–Crippen MR) is 71.6 cm³/mol. The molecular formula is C14H23N3O2. The number of carboxylic acids is 1. The minimum absolute atomic E-state index is 0.132. The van der Waals surface area contributed by atoms with Crippen molar-refractivity contribution >= 4 is 5.97 Å². The molecule has 106 valence electrons. The van der Waals surface area contributed by atoms with E-state index in [1.165, 1.54) is 0 Å². The lowest BCUT2D eigenvalue weighted by atomic mass is 9.82. The SMILES string of the molecule is CC(C)Cc1nncn1CC1CCC(C(=O)O)CC1. The smallest absolute Gasteiger partial charge is 0.306 e. The molecule has 19 heavy (non-hydrogen) atoms. The van der Waals surface area contributed by atoms with E-state index in [4.69, 9.17) is 5.11 Å². The van der Waals surface area contributed by atoms with Crippen LogP contribution in [0.5, 0.6) is 0 Å². The molecular weight excluding hydrogens is 242 g/mol. The number of hydrogen-bond acceptors (Lipinski definition) is 3. The highest BCUT2D eigenvalue weighted by Gasteiger charge is 2.26. The molecule has 1 aromatic rings. The zero-order valence-electron chi connectivity index (χ0n) is 11.7. The summed E-state index contributed by atoms with van der Waals surface area (Å²) in [5.74, 6) is 1.43. The molecule has 1 heterocycles. The molecule has 0 unspecified atom stereocenters. The first kappa shape index (κ1) is 14.0. The first-order valence-corrected chi connectivity index (χ1v) is 7.15. The molecule has 0 bridgehead atoms. The molecule has 1 aromatic heterocycles. The third-order valence-electron chi connectivity index (χ3n) is 3.94. The van der Waals surface area contributed by atoms with Crippen molar-refractivity contribution in [1.82, 2.24) is 14.8 Å². The maximum Gasteiger partial charge on any atom is 0.306 e. The van der Waals surface area contributed by atoms with E-state index in [0.29, 0.717) is 11.8 Å². The fourth-order valence-corrected chi connectivity index (χ4v) is 2.82. The topological polar surface area (TPSA) is 68.0 Å². The van der Waals surface area contributed by atoms with Crippen molar-refractivity contribution in [2.45, 2.75) is 52.5 Å². The summed E-state index contributed by atoms with van der Waals surface area (Å²) in [6.45, 7) is 5.29. The third-order valence-corrected chi connectivity index (χ3v) is 3.94. The second-order valence-corrected chi connectivity index (χ2v) is 6.05. The molecule has 5 nitrogen and oxygen atoms in total. The molecule has 1 fully saturated rings. The molecule has 0 aromatic carbocycles. The van der Waals surface area contributed by atoms with Crippen molar-refractivity contribution in [3.8, 4) is 0 Å². The van der Waals surface area contributed by atoms with Gasteiger partial charge in [-0.05, 0) is 37.5 Å². The summed E-state index contributed by atoms with van der Waals surface area (Å²) in [4.78, 5) is 10.9.